The number of hydrogen-bond donors (Lipinski definition) is 3. The lowest BCUT2D eigenvalue weighted by Crippen LogP contribution is -2.36. The molecule has 0 saturated heterocycles. The van der Waals surface area contributed by atoms with Crippen molar-refractivity contribution in [2.24, 2.45) is 5.41 Å². The van der Waals surface area contributed by atoms with E-state index < -0.39 is 11.4 Å². The number of aliphatic carboxylic acids is 1. The Labute approximate surface area is 221 Å². The van der Waals surface area contributed by atoms with Gasteiger partial charge in [-0.2, -0.15) is 0 Å². The van der Waals surface area contributed by atoms with E-state index in [-0.39, 0.29) is 5.41 Å². The summed E-state index contributed by atoms with van der Waals surface area (Å²) < 4.78 is 0. The highest BCUT2D eigenvalue weighted by Crippen LogP contribution is 2.52. The lowest BCUT2D eigenvalue weighted by molar-refractivity contribution is -0.149. The van der Waals surface area contributed by atoms with Crippen LogP contribution in [0.2, 0.25) is 0 Å². The molecule has 0 aliphatic carbocycles. The number of thioether (sulfide) groups is 1. The molecular formula is C31H44O4S. The Balaban J connectivity index is 1.54. The third kappa shape index (κ3) is 7.00. The quantitative estimate of drug-likeness (QED) is 0.221. The van der Waals surface area contributed by atoms with E-state index in [0.29, 0.717) is 17.4 Å². The molecule has 0 aromatic heterocycles. The van der Waals surface area contributed by atoms with Crippen molar-refractivity contribution in [2.75, 3.05) is 5.75 Å². The summed E-state index contributed by atoms with van der Waals surface area (Å²) in [5, 5.41) is 29.5. The summed E-state index contributed by atoms with van der Waals surface area (Å²) in [4.78, 5) is 12.9. The molecule has 0 amide bonds. The normalized spacial score (nSPS) is 21.0. The van der Waals surface area contributed by atoms with Crippen molar-refractivity contribution in [1.82, 2.24) is 0 Å². The van der Waals surface area contributed by atoms with Crippen molar-refractivity contribution in [3.63, 3.8) is 0 Å². The number of benzene rings is 2. The van der Waals surface area contributed by atoms with E-state index in [1.165, 1.54) is 28.9 Å². The number of phenolic OH excluding ortho intramolecular Hbond substituents is 2. The second kappa shape index (κ2) is 12.9. The molecule has 3 atom stereocenters. The molecule has 198 valence electrons. The zero-order chi connectivity index (χ0) is 26.2. The number of phenols is 2. The first-order valence-corrected chi connectivity index (χ1v) is 14.7. The number of carboxylic acid groups (broad SMARTS) is 1. The minimum Gasteiger partial charge on any atom is -0.508 e. The summed E-state index contributed by atoms with van der Waals surface area (Å²) in [5.41, 5.74) is 1.96. The zero-order valence-corrected chi connectivity index (χ0v) is 23.1. The first kappa shape index (κ1) is 28.4. The highest BCUT2D eigenvalue weighted by atomic mass is 32.2. The van der Waals surface area contributed by atoms with Gasteiger partial charge in [-0.05, 0) is 67.5 Å². The Morgan fingerprint density at radius 3 is 2.22 bits per heavy atom. The maximum absolute atomic E-state index is 11.7. The largest absolute Gasteiger partial charge is 0.508 e. The Kier molecular flexibility index (Phi) is 10.2. The van der Waals surface area contributed by atoms with Crippen molar-refractivity contribution in [3.8, 4) is 11.5 Å². The summed E-state index contributed by atoms with van der Waals surface area (Å²) in [6, 6.07) is 13.5. The van der Waals surface area contributed by atoms with Crippen molar-refractivity contribution >= 4 is 17.7 Å². The maximum Gasteiger partial charge on any atom is 0.309 e. The molecular weight excluding hydrogens is 468 g/mol. The Bertz CT molecular complexity index is 989. The van der Waals surface area contributed by atoms with Crippen LogP contribution in [0.4, 0.5) is 0 Å². The fourth-order valence-corrected chi connectivity index (χ4v) is 7.09. The van der Waals surface area contributed by atoms with E-state index in [2.05, 4.69) is 32.0 Å². The smallest absolute Gasteiger partial charge is 0.309 e. The summed E-state index contributed by atoms with van der Waals surface area (Å²) in [6.45, 7) is 6.37. The molecule has 3 rings (SSSR count). The van der Waals surface area contributed by atoms with Gasteiger partial charge >= 0.3 is 5.97 Å². The Hall–Kier alpha value is -2.14. The number of fused-ring (bicyclic) bond motifs is 1. The summed E-state index contributed by atoms with van der Waals surface area (Å²) >= 11 is 1.81. The summed E-state index contributed by atoms with van der Waals surface area (Å²) in [5.74, 6) is 1.27. The molecule has 1 aliphatic rings. The molecule has 5 heteroatoms. The molecule has 1 heterocycles. The van der Waals surface area contributed by atoms with Crippen LogP contribution in [0.3, 0.4) is 0 Å². The lowest BCUT2D eigenvalue weighted by atomic mass is 9.68. The van der Waals surface area contributed by atoms with Crippen LogP contribution in [-0.2, 0) is 10.2 Å². The minimum absolute atomic E-state index is 0.0396. The minimum atomic E-state index is -0.646. The summed E-state index contributed by atoms with van der Waals surface area (Å²) in [6.07, 6.45) is 11.4. The van der Waals surface area contributed by atoms with Crippen LogP contribution in [0.15, 0.2) is 47.4 Å². The van der Waals surface area contributed by atoms with Crippen LogP contribution in [0.1, 0.15) is 108 Å². The van der Waals surface area contributed by atoms with Gasteiger partial charge in [-0.3, -0.25) is 4.79 Å². The second-order valence-corrected chi connectivity index (χ2v) is 12.2. The van der Waals surface area contributed by atoms with Gasteiger partial charge in [0.25, 0.3) is 0 Å². The standard InChI is InChI=1S/C31H44O4S/c1-4-5-19-30(2,29(34)35)20-11-9-7-6-8-10-12-27-26-18-17-25(33)21-28(26)36-22-31(27,3)23-13-15-24(32)16-14-23/h13-18,21,27,32-33H,4-12,19-20,22H2,1-3H3,(H,34,35). The van der Waals surface area contributed by atoms with Gasteiger partial charge in [0.15, 0.2) is 0 Å². The third-order valence-corrected chi connectivity index (χ3v) is 9.67. The van der Waals surface area contributed by atoms with E-state index in [0.717, 1.165) is 63.5 Å². The first-order chi connectivity index (χ1) is 17.2. The van der Waals surface area contributed by atoms with Gasteiger partial charge in [0.05, 0.1) is 5.41 Å². The molecule has 0 spiro atoms. The maximum atomic E-state index is 11.7. The molecule has 1 aliphatic heterocycles. The van der Waals surface area contributed by atoms with Gasteiger partial charge in [0.1, 0.15) is 11.5 Å². The number of hydrogen-bond acceptors (Lipinski definition) is 4. The third-order valence-electron chi connectivity index (χ3n) is 8.27. The molecule has 4 nitrogen and oxygen atoms in total. The van der Waals surface area contributed by atoms with E-state index in [9.17, 15) is 20.1 Å². The number of carbonyl (C=O) groups is 1. The molecule has 36 heavy (non-hydrogen) atoms. The molecule has 0 bridgehead atoms. The predicted molar refractivity (Wildman–Crippen MR) is 149 cm³/mol. The van der Waals surface area contributed by atoms with Gasteiger partial charge in [-0.1, -0.05) is 83.4 Å². The molecule has 3 N–H and O–H groups in total. The Morgan fingerprint density at radius 1 is 0.944 bits per heavy atom. The van der Waals surface area contributed by atoms with E-state index in [4.69, 9.17) is 0 Å². The fraction of sp³-hybridized carbons (Fsp3) is 0.581. The van der Waals surface area contributed by atoms with Gasteiger partial charge in [-0.15, -0.1) is 11.8 Å². The molecule has 2 aromatic rings. The van der Waals surface area contributed by atoms with Gasteiger partial charge in [0.2, 0.25) is 0 Å². The predicted octanol–water partition coefficient (Wildman–Crippen LogP) is 8.65. The topological polar surface area (TPSA) is 77.8 Å². The lowest BCUT2D eigenvalue weighted by Gasteiger charge is -2.43. The van der Waals surface area contributed by atoms with Gasteiger partial charge in [0, 0.05) is 16.1 Å². The first-order valence-electron chi connectivity index (χ1n) is 13.7. The van der Waals surface area contributed by atoms with E-state index >= 15 is 0 Å². The highest BCUT2D eigenvalue weighted by Gasteiger charge is 2.41. The molecule has 3 unspecified atom stereocenters. The highest BCUT2D eigenvalue weighted by molar-refractivity contribution is 7.99. The van der Waals surface area contributed by atoms with Crippen molar-refractivity contribution in [2.45, 2.75) is 108 Å². The van der Waals surface area contributed by atoms with Crippen LogP contribution < -0.4 is 0 Å². The van der Waals surface area contributed by atoms with Crippen molar-refractivity contribution < 1.29 is 20.1 Å². The zero-order valence-electron chi connectivity index (χ0n) is 22.3. The van der Waals surface area contributed by atoms with Gasteiger partial charge in [-0.25, -0.2) is 0 Å². The summed E-state index contributed by atoms with van der Waals surface area (Å²) in [7, 11) is 0. The number of rotatable bonds is 14. The number of unbranched alkanes of at least 4 members (excludes halogenated alkanes) is 6. The average Bonchev–Trinajstić information content (AvgIpc) is 2.85. The monoisotopic (exact) mass is 512 g/mol. The number of aromatic hydroxyl groups is 2. The van der Waals surface area contributed by atoms with Crippen LogP contribution in [0.25, 0.3) is 0 Å². The average molecular weight is 513 g/mol. The molecule has 0 radical (unpaired) electrons. The molecule has 0 saturated carbocycles. The van der Waals surface area contributed by atoms with Crippen LogP contribution in [-0.4, -0.2) is 27.0 Å². The van der Waals surface area contributed by atoms with Crippen molar-refractivity contribution in [1.29, 1.82) is 0 Å². The molecule has 2 aromatic carbocycles. The van der Waals surface area contributed by atoms with E-state index in [1.807, 2.05) is 24.8 Å². The van der Waals surface area contributed by atoms with Crippen molar-refractivity contribution in [3.05, 3.63) is 53.6 Å². The second-order valence-electron chi connectivity index (χ2n) is 11.2. The van der Waals surface area contributed by atoms with Crippen LogP contribution in [0.5, 0.6) is 11.5 Å². The SMILES string of the molecule is CCCCC(C)(CCCCCCCCC1c2ccc(O)cc2SCC1(C)c1ccc(O)cc1)C(=O)O. The van der Waals surface area contributed by atoms with E-state index in [1.54, 1.807) is 18.2 Å². The fourth-order valence-electron chi connectivity index (χ4n) is 5.68. The molecule has 0 fully saturated rings. The van der Waals surface area contributed by atoms with Crippen LogP contribution in [0, 0.1) is 5.41 Å². The van der Waals surface area contributed by atoms with Crippen LogP contribution >= 0.6 is 11.8 Å². The van der Waals surface area contributed by atoms with Gasteiger partial charge < -0.3 is 15.3 Å². The Morgan fingerprint density at radius 2 is 1.56 bits per heavy atom. The number of carboxylic acids is 1.